The van der Waals surface area contributed by atoms with Gasteiger partial charge in [-0.3, -0.25) is 4.79 Å². The minimum Gasteiger partial charge on any atom is -0.490 e. The van der Waals surface area contributed by atoms with E-state index in [1.165, 1.54) is 0 Å². The van der Waals surface area contributed by atoms with Crippen LogP contribution >= 0.6 is 11.3 Å². The number of carbonyl (C=O) groups is 1. The van der Waals surface area contributed by atoms with Crippen molar-refractivity contribution in [2.75, 3.05) is 31.3 Å². The Morgan fingerprint density at radius 1 is 1.00 bits per heavy atom. The molecule has 0 aliphatic carbocycles. The van der Waals surface area contributed by atoms with Crippen molar-refractivity contribution < 1.29 is 23.7 Å². The van der Waals surface area contributed by atoms with Crippen LogP contribution < -0.4 is 23.8 Å². The van der Waals surface area contributed by atoms with Gasteiger partial charge >= 0.3 is 0 Å². The molecule has 0 bridgehead atoms. The third-order valence-corrected chi connectivity index (χ3v) is 5.39. The molecule has 1 aliphatic rings. The van der Waals surface area contributed by atoms with Crippen molar-refractivity contribution in [2.24, 2.45) is 0 Å². The van der Waals surface area contributed by atoms with Crippen molar-refractivity contribution in [3.63, 3.8) is 0 Å². The van der Waals surface area contributed by atoms with Crippen molar-refractivity contribution in [3.05, 3.63) is 64.9 Å². The molecule has 1 aromatic heterocycles. The van der Waals surface area contributed by atoms with Gasteiger partial charge in [0.05, 0.1) is 13.2 Å². The zero-order valence-corrected chi connectivity index (χ0v) is 17.5. The lowest BCUT2D eigenvalue weighted by Gasteiger charge is -2.25. The Hall–Kier alpha value is -3.19. The molecule has 156 valence electrons. The first-order valence-corrected chi connectivity index (χ1v) is 10.7. The number of anilines is 1. The number of nitrogens with zero attached hydrogens (tertiary/aromatic N) is 1. The SMILES string of the molecule is CCOc1ccccc1OCC(=O)N(Cc1cccs1)c1ccc2c(c1)OCCO2. The van der Waals surface area contributed by atoms with Gasteiger partial charge in [0.25, 0.3) is 5.91 Å². The zero-order chi connectivity index (χ0) is 20.8. The number of fused-ring (bicyclic) bond motifs is 1. The van der Waals surface area contributed by atoms with Crippen LogP contribution in [0.4, 0.5) is 5.69 Å². The van der Waals surface area contributed by atoms with Gasteiger partial charge in [0.1, 0.15) is 13.2 Å². The van der Waals surface area contributed by atoms with Gasteiger partial charge in [0, 0.05) is 16.6 Å². The van der Waals surface area contributed by atoms with Crippen LogP contribution in [-0.4, -0.2) is 32.3 Å². The lowest BCUT2D eigenvalue weighted by Crippen LogP contribution is -2.34. The maximum atomic E-state index is 13.2. The number of rotatable bonds is 8. The largest absolute Gasteiger partial charge is 0.490 e. The molecule has 6 nitrogen and oxygen atoms in total. The second-order valence-electron chi connectivity index (χ2n) is 6.56. The quantitative estimate of drug-likeness (QED) is 0.531. The van der Waals surface area contributed by atoms with Crippen LogP contribution in [0.3, 0.4) is 0 Å². The van der Waals surface area contributed by atoms with Crippen LogP contribution in [-0.2, 0) is 11.3 Å². The number of hydrogen-bond acceptors (Lipinski definition) is 6. The van der Waals surface area contributed by atoms with Crippen molar-refractivity contribution in [1.29, 1.82) is 0 Å². The molecule has 0 fully saturated rings. The topological polar surface area (TPSA) is 57.2 Å². The van der Waals surface area contributed by atoms with Gasteiger partial charge < -0.3 is 23.8 Å². The minimum atomic E-state index is -0.161. The molecule has 3 aromatic rings. The molecule has 0 unspecified atom stereocenters. The molecule has 0 saturated carbocycles. The Balaban J connectivity index is 1.54. The van der Waals surface area contributed by atoms with Gasteiger partial charge in [-0.2, -0.15) is 0 Å². The van der Waals surface area contributed by atoms with Crippen LogP contribution in [0.2, 0.25) is 0 Å². The molecule has 30 heavy (non-hydrogen) atoms. The van der Waals surface area contributed by atoms with Crippen LogP contribution in [0.25, 0.3) is 0 Å². The summed E-state index contributed by atoms with van der Waals surface area (Å²) in [5, 5.41) is 2.00. The number of carbonyl (C=O) groups excluding carboxylic acids is 1. The lowest BCUT2D eigenvalue weighted by molar-refractivity contribution is -0.120. The smallest absolute Gasteiger partial charge is 0.265 e. The summed E-state index contributed by atoms with van der Waals surface area (Å²) in [5.74, 6) is 2.34. The Morgan fingerprint density at radius 2 is 1.77 bits per heavy atom. The van der Waals surface area contributed by atoms with Crippen molar-refractivity contribution in [3.8, 4) is 23.0 Å². The first kappa shape index (κ1) is 20.1. The van der Waals surface area contributed by atoms with E-state index in [2.05, 4.69) is 0 Å². The zero-order valence-electron chi connectivity index (χ0n) is 16.7. The van der Waals surface area contributed by atoms with Crippen molar-refractivity contribution in [2.45, 2.75) is 13.5 Å². The molecular formula is C23H23NO5S. The average Bonchev–Trinajstić information content (AvgIpc) is 3.30. The lowest BCUT2D eigenvalue weighted by atomic mass is 10.2. The van der Waals surface area contributed by atoms with Crippen LogP contribution in [0.15, 0.2) is 60.0 Å². The Morgan fingerprint density at radius 3 is 2.50 bits per heavy atom. The first-order valence-electron chi connectivity index (χ1n) is 9.81. The fraction of sp³-hybridized carbons (Fsp3) is 0.261. The highest BCUT2D eigenvalue weighted by Gasteiger charge is 2.21. The van der Waals surface area contributed by atoms with E-state index in [9.17, 15) is 4.79 Å². The highest BCUT2D eigenvalue weighted by atomic mass is 32.1. The highest BCUT2D eigenvalue weighted by Crippen LogP contribution is 2.35. The minimum absolute atomic E-state index is 0.107. The normalized spacial score (nSPS) is 12.3. The average molecular weight is 426 g/mol. The summed E-state index contributed by atoms with van der Waals surface area (Å²) in [4.78, 5) is 16.0. The molecule has 2 heterocycles. The summed E-state index contributed by atoms with van der Waals surface area (Å²) < 4.78 is 22.7. The second kappa shape index (κ2) is 9.54. The molecule has 4 rings (SSSR count). The third kappa shape index (κ3) is 4.68. The summed E-state index contributed by atoms with van der Waals surface area (Å²) in [7, 11) is 0. The predicted molar refractivity (Wildman–Crippen MR) is 116 cm³/mol. The molecule has 1 amide bonds. The van der Waals surface area contributed by atoms with E-state index < -0.39 is 0 Å². The maximum Gasteiger partial charge on any atom is 0.265 e. The van der Waals surface area contributed by atoms with E-state index in [1.54, 1.807) is 22.3 Å². The van der Waals surface area contributed by atoms with Crippen LogP contribution in [0.5, 0.6) is 23.0 Å². The molecule has 0 N–H and O–H groups in total. The number of hydrogen-bond donors (Lipinski definition) is 0. The second-order valence-corrected chi connectivity index (χ2v) is 7.59. The van der Waals surface area contributed by atoms with Crippen molar-refractivity contribution in [1.82, 2.24) is 0 Å². The third-order valence-electron chi connectivity index (χ3n) is 4.53. The van der Waals surface area contributed by atoms with Gasteiger partial charge in [-0.15, -0.1) is 11.3 Å². The van der Waals surface area contributed by atoms with E-state index in [-0.39, 0.29) is 12.5 Å². The van der Waals surface area contributed by atoms with E-state index in [0.29, 0.717) is 49.4 Å². The molecule has 0 spiro atoms. The highest BCUT2D eigenvalue weighted by molar-refractivity contribution is 7.09. The first-order chi connectivity index (χ1) is 14.7. The van der Waals surface area contributed by atoms with E-state index in [0.717, 1.165) is 10.6 Å². The Kier molecular flexibility index (Phi) is 6.39. The summed E-state index contributed by atoms with van der Waals surface area (Å²) in [6.07, 6.45) is 0. The molecule has 0 saturated heterocycles. The maximum absolute atomic E-state index is 13.2. The summed E-state index contributed by atoms with van der Waals surface area (Å²) in [6, 6.07) is 16.9. The van der Waals surface area contributed by atoms with Gasteiger partial charge in [-0.1, -0.05) is 18.2 Å². The number of para-hydroxylation sites is 2. The summed E-state index contributed by atoms with van der Waals surface area (Å²) >= 11 is 1.60. The fourth-order valence-corrected chi connectivity index (χ4v) is 3.84. The number of thiophene rings is 1. The number of amides is 1. The van der Waals surface area contributed by atoms with E-state index >= 15 is 0 Å². The van der Waals surface area contributed by atoms with Crippen molar-refractivity contribution >= 4 is 22.9 Å². The van der Waals surface area contributed by atoms with Crippen LogP contribution in [0, 0.1) is 0 Å². The Labute approximate surface area is 179 Å². The molecule has 0 atom stereocenters. The predicted octanol–water partition coefficient (Wildman–Crippen LogP) is 4.53. The molecule has 0 radical (unpaired) electrons. The summed E-state index contributed by atoms with van der Waals surface area (Å²) in [6.45, 7) is 3.79. The van der Waals surface area contributed by atoms with Gasteiger partial charge in [-0.25, -0.2) is 0 Å². The number of benzene rings is 2. The number of ether oxygens (including phenoxy) is 4. The Bertz CT molecular complexity index is 989. The van der Waals surface area contributed by atoms with Crippen LogP contribution in [0.1, 0.15) is 11.8 Å². The van der Waals surface area contributed by atoms with E-state index in [4.69, 9.17) is 18.9 Å². The standard InChI is InChI=1S/C23H23NO5S/c1-2-26-19-7-3-4-8-20(19)29-16-23(25)24(15-18-6-5-13-30-18)17-9-10-21-22(14-17)28-12-11-27-21/h3-10,13-14H,2,11-12,15-16H2,1H3. The molecule has 7 heteroatoms. The van der Waals surface area contributed by atoms with E-state index in [1.807, 2.05) is 60.8 Å². The molecular weight excluding hydrogens is 402 g/mol. The van der Waals surface area contributed by atoms with Gasteiger partial charge in [0.15, 0.2) is 29.6 Å². The molecule has 2 aromatic carbocycles. The van der Waals surface area contributed by atoms with Gasteiger partial charge in [-0.05, 0) is 42.6 Å². The summed E-state index contributed by atoms with van der Waals surface area (Å²) in [5.41, 5.74) is 0.736. The molecule has 1 aliphatic heterocycles. The monoisotopic (exact) mass is 425 g/mol. The fourth-order valence-electron chi connectivity index (χ4n) is 3.14. The van der Waals surface area contributed by atoms with Gasteiger partial charge in [0.2, 0.25) is 0 Å².